The topological polar surface area (TPSA) is 150 Å². The number of hydrogen-bond donors (Lipinski definition) is 2. The van der Waals surface area contributed by atoms with Gasteiger partial charge >= 0.3 is 17.9 Å². The van der Waals surface area contributed by atoms with Gasteiger partial charge in [0.15, 0.2) is 5.60 Å². The van der Waals surface area contributed by atoms with E-state index < -0.39 is 68.8 Å². The second-order valence-corrected chi connectivity index (χ2v) is 13.0. The number of carbonyl (C=O) groups excluding carboxylic acids is 4. The van der Waals surface area contributed by atoms with Crippen LogP contribution in [0.15, 0.2) is 45.8 Å². The standard InChI is InChI=1S/C30H34O10/c1-15(31)39-24-26(3)14-29(35)28(5,27(26,4)12-20(33)37-6)17-7-9-25(2)18(21(17)22(34)30(24,29)36)11-19(32)40-23(25)16-8-10-38-13-16/h8,10-11,13,23-24,35-36H,7,9,12,14H2,1-6H3/t23-,24-,25+,26-,27-,28+,29+,30+/m0/s1. The van der Waals surface area contributed by atoms with Gasteiger partial charge in [-0.25, -0.2) is 4.79 Å². The van der Waals surface area contributed by atoms with Gasteiger partial charge in [0.25, 0.3) is 0 Å². The van der Waals surface area contributed by atoms with E-state index in [0.29, 0.717) is 29.6 Å². The van der Waals surface area contributed by atoms with Gasteiger partial charge in [-0.2, -0.15) is 0 Å². The number of furan rings is 1. The fraction of sp³-hybridized carbons (Fsp3) is 0.600. The number of carbonyl (C=O) groups is 4. The van der Waals surface area contributed by atoms with Crippen molar-refractivity contribution in [3.8, 4) is 0 Å². The molecule has 40 heavy (non-hydrogen) atoms. The lowest BCUT2D eigenvalue weighted by Crippen LogP contribution is -2.78. The number of rotatable bonds is 4. The van der Waals surface area contributed by atoms with Gasteiger partial charge in [0.2, 0.25) is 5.78 Å². The number of hydrogen-bond acceptors (Lipinski definition) is 10. The highest BCUT2D eigenvalue weighted by Crippen LogP contribution is 2.83. The van der Waals surface area contributed by atoms with Gasteiger partial charge in [-0.15, -0.1) is 0 Å². The van der Waals surface area contributed by atoms with E-state index in [1.165, 1.54) is 32.6 Å². The first-order valence-corrected chi connectivity index (χ1v) is 13.5. The molecule has 1 aliphatic heterocycles. The maximum atomic E-state index is 14.6. The van der Waals surface area contributed by atoms with Gasteiger partial charge in [-0.05, 0) is 41.9 Å². The maximum Gasteiger partial charge on any atom is 0.331 e. The molecule has 4 aliphatic carbocycles. The maximum absolute atomic E-state index is 14.6. The van der Waals surface area contributed by atoms with Crippen LogP contribution in [-0.2, 0) is 33.4 Å². The normalized spacial score (nSPS) is 45.0. The first kappa shape index (κ1) is 27.0. The number of methoxy groups -OCH3 is 1. The van der Waals surface area contributed by atoms with E-state index >= 15 is 0 Å². The van der Waals surface area contributed by atoms with Crippen LogP contribution in [0.5, 0.6) is 0 Å². The minimum absolute atomic E-state index is 0.0863. The summed E-state index contributed by atoms with van der Waals surface area (Å²) >= 11 is 0. The summed E-state index contributed by atoms with van der Waals surface area (Å²) < 4.78 is 21.8. The smallest absolute Gasteiger partial charge is 0.331 e. The molecule has 10 nitrogen and oxygen atoms in total. The quantitative estimate of drug-likeness (QED) is 0.420. The molecule has 1 aromatic heterocycles. The lowest BCUT2D eigenvalue weighted by Gasteiger charge is -2.66. The van der Waals surface area contributed by atoms with Crippen LogP contribution in [0.25, 0.3) is 0 Å². The van der Waals surface area contributed by atoms with Gasteiger partial charge in [-0.3, -0.25) is 14.4 Å². The van der Waals surface area contributed by atoms with Crippen molar-refractivity contribution in [2.45, 2.75) is 83.7 Å². The second-order valence-electron chi connectivity index (χ2n) is 13.0. The monoisotopic (exact) mass is 554 g/mol. The molecule has 2 bridgehead atoms. The van der Waals surface area contributed by atoms with Crippen molar-refractivity contribution in [1.29, 1.82) is 0 Å². The van der Waals surface area contributed by atoms with Crippen LogP contribution in [0.4, 0.5) is 0 Å². The van der Waals surface area contributed by atoms with Crippen LogP contribution in [0.3, 0.4) is 0 Å². The third-order valence-corrected chi connectivity index (χ3v) is 11.6. The van der Waals surface area contributed by atoms with Gasteiger partial charge in [-0.1, -0.05) is 27.7 Å². The molecule has 2 saturated carbocycles. The van der Waals surface area contributed by atoms with Crippen LogP contribution < -0.4 is 0 Å². The van der Waals surface area contributed by atoms with Crippen molar-refractivity contribution in [3.05, 3.63) is 47.0 Å². The van der Waals surface area contributed by atoms with Crippen molar-refractivity contribution < 1.29 is 48.0 Å². The lowest BCUT2D eigenvalue weighted by molar-refractivity contribution is -0.268. The fourth-order valence-corrected chi connectivity index (χ4v) is 9.33. The Morgan fingerprint density at radius 1 is 1.15 bits per heavy atom. The van der Waals surface area contributed by atoms with Crippen LogP contribution in [0.2, 0.25) is 0 Å². The van der Waals surface area contributed by atoms with E-state index in [2.05, 4.69) is 0 Å². The second kappa shape index (κ2) is 7.73. The summed E-state index contributed by atoms with van der Waals surface area (Å²) in [5.74, 6) is -2.72. The molecule has 10 heteroatoms. The van der Waals surface area contributed by atoms with Crippen molar-refractivity contribution in [2.24, 2.45) is 21.7 Å². The summed E-state index contributed by atoms with van der Waals surface area (Å²) in [6.45, 7) is 8.41. The summed E-state index contributed by atoms with van der Waals surface area (Å²) in [4.78, 5) is 52.9. The highest BCUT2D eigenvalue weighted by molar-refractivity contribution is 6.12. The molecule has 0 radical (unpaired) electrons. The minimum atomic E-state index is -2.53. The molecule has 0 amide bonds. The highest BCUT2D eigenvalue weighted by atomic mass is 16.6. The number of ether oxygens (including phenoxy) is 3. The van der Waals surface area contributed by atoms with E-state index in [-0.39, 0.29) is 18.4 Å². The predicted octanol–water partition coefficient (Wildman–Crippen LogP) is 2.88. The average molecular weight is 555 g/mol. The summed E-state index contributed by atoms with van der Waals surface area (Å²) in [7, 11) is 1.27. The molecule has 2 N–H and O–H groups in total. The Kier molecular flexibility index (Phi) is 5.21. The first-order chi connectivity index (χ1) is 18.6. The Morgan fingerprint density at radius 2 is 1.85 bits per heavy atom. The zero-order chi connectivity index (χ0) is 29.3. The van der Waals surface area contributed by atoms with Gasteiger partial charge in [0, 0.05) is 40.4 Å². The van der Waals surface area contributed by atoms with Gasteiger partial charge in [0.1, 0.15) is 17.8 Å². The van der Waals surface area contributed by atoms with E-state index in [1.54, 1.807) is 19.9 Å². The van der Waals surface area contributed by atoms with E-state index in [9.17, 15) is 29.4 Å². The Bertz CT molecular complexity index is 1440. The third kappa shape index (κ3) is 2.63. The van der Waals surface area contributed by atoms with Crippen molar-refractivity contribution >= 4 is 23.7 Å². The molecule has 214 valence electrons. The molecule has 0 spiro atoms. The first-order valence-electron chi connectivity index (χ1n) is 13.5. The molecule has 6 rings (SSSR count). The zero-order valence-corrected chi connectivity index (χ0v) is 23.5. The number of aliphatic hydroxyl groups is 2. The van der Waals surface area contributed by atoms with Gasteiger partial charge in [0.05, 0.1) is 26.1 Å². The SMILES string of the molecule is COC(=O)C[C@]1(C)[C@@]2(C)C3=C(C(=O)[C@@]4(O)[C@@H](OC(C)=O)[C@]1(C)C[C@@]24O)C1=CC(=O)O[C@@H](c2ccoc2)[C@]1(C)CC3. The third-order valence-electron chi connectivity index (χ3n) is 11.6. The number of fused-ring (bicyclic) bond motifs is 4. The van der Waals surface area contributed by atoms with E-state index in [0.717, 1.165) is 0 Å². The molecule has 1 aromatic rings. The summed E-state index contributed by atoms with van der Waals surface area (Å²) in [5.41, 5.74) is -7.37. The minimum Gasteiger partial charge on any atom is -0.472 e. The van der Waals surface area contributed by atoms with Gasteiger partial charge < -0.3 is 28.8 Å². The van der Waals surface area contributed by atoms with Crippen molar-refractivity contribution in [2.75, 3.05) is 7.11 Å². The summed E-state index contributed by atoms with van der Waals surface area (Å²) in [6.07, 6.45) is 2.58. The Hall–Kier alpha value is -3.24. The lowest BCUT2D eigenvalue weighted by atomic mass is 9.39. The number of esters is 3. The molecule has 0 aromatic carbocycles. The molecular formula is C30H34O10. The Morgan fingerprint density at radius 3 is 2.45 bits per heavy atom. The van der Waals surface area contributed by atoms with E-state index in [1.807, 2.05) is 13.8 Å². The highest BCUT2D eigenvalue weighted by Gasteiger charge is 2.92. The largest absolute Gasteiger partial charge is 0.472 e. The zero-order valence-electron chi connectivity index (χ0n) is 23.5. The Labute approximate surface area is 231 Å². The van der Waals surface area contributed by atoms with Crippen LogP contribution in [0.1, 0.15) is 72.0 Å². The molecule has 8 atom stereocenters. The molecule has 0 unspecified atom stereocenters. The van der Waals surface area contributed by atoms with E-state index in [4.69, 9.17) is 18.6 Å². The summed E-state index contributed by atoms with van der Waals surface area (Å²) in [5, 5.41) is 25.0. The average Bonchev–Trinajstić information content (AvgIpc) is 3.51. The van der Waals surface area contributed by atoms with Crippen molar-refractivity contribution in [1.82, 2.24) is 0 Å². The van der Waals surface area contributed by atoms with Crippen LogP contribution in [0, 0.1) is 21.7 Å². The predicted molar refractivity (Wildman–Crippen MR) is 136 cm³/mol. The molecule has 0 saturated heterocycles. The molecule has 5 aliphatic rings. The van der Waals surface area contributed by atoms with Crippen LogP contribution >= 0.6 is 0 Å². The number of Topliss-reactive ketones (excluding diaryl/α,β-unsaturated/α-hetero) is 1. The number of cyclic esters (lactones) is 1. The van der Waals surface area contributed by atoms with Crippen molar-refractivity contribution in [3.63, 3.8) is 0 Å². The molecular weight excluding hydrogens is 520 g/mol. The summed E-state index contributed by atoms with van der Waals surface area (Å²) in [6, 6.07) is 1.70. The fourth-order valence-electron chi connectivity index (χ4n) is 9.33. The molecule has 2 heterocycles. The molecule has 2 fully saturated rings. The van der Waals surface area contributed by atoms with Crippen LogP contribution in [-0.4, -0.2) is 58.3 Å². The number of ketones is 1. The Balaban J connectivity index is 1.66.